The molecule has 9 nitrogen and oxygen atoms in total. The molecule has 178 valence electrons. The molecule has 4 rings (SSSR count). The van der Waals surface area contributed by atoms with E-state index in [1.165, 1.54) is 12.0 Å². The Balaban J connectivity index is 1.65. The predicted octanol–water partition coefficient (Wildman–Crippen LogP) is 3.75. The van der Waals surface area contributed by atoms with Crippen molar-refractivity contribution >= 4 is 23.0 Å². The number of benzene rings is 1. The molecule has 1 amide bonds. The molecule has 1 aliphatic carbocycles. The normalized spacial score (nSPS) is 20.6. The molecule has 0 radical (unpaired) electrons. The molecule has 0 spiro atoms. The third kappa shape index (κ3) is 4.96. The predicted molar refractivity (Wildman–Crippen MR) is 121 cm³/mol. The molecule has 2 fully saturated rings. The van der Waals surface area contributed by atoms with Gasteiger partial charge in [0.25, 0.3) is 0 Å². The molecule has 33 heavy (non-hydrogen) atoms. The van der Waals surface area contributed by atoms with Crippen LogP contribution in [0, 0.1) is 6.92 Å². The number of ether oxygens (including phenoxy) is 4. The van der Waals surface area contributed by atoms with Crippen molar-refractivity contribution in [2.75, 3.05) is 20.8 Å². The third-order valence-electron chi connectivity index (χ3n) is 5.78. The second-order valence-electron chi connectivity index (χ2n) is 9.65. The maximum atomic E-state index is 12.8. The Bertz CT molecular complexity index is 1080. The Morgan fingerprint density at radius 3 is 2.45 bits per heavy atom. The van der Waals surface area contributed by atoms with Crippen LogP contribution in [0.5, 0.6) is 11.6 Å². The minimum Gasteiger partial charge on any atom is -0.496 e. The minimum absolute atomic E-state index is 0.182. The highest BCUT2D eigenvalue weighted by Crippen LogP contribution is 2.41. The van der Waals surface area contributed by atoms with E-state index >= 15 is 0 Å². The SMILES string of the molecule is COC(=O)[C@@H]1C[C@@H](Oc2nc(C3CC3)nc3cc(C)c(OC)cc23)CN1C(=O)OC(C)(C)C. The molecule has 9 heteroatoms. The van der Waals surface area contributed by atoms with Crippen molar-refractivity contribution in [2.24, 2.45) is 0 Å². The fourth-order valence-corrected chi connectivity index (χ4v) is 4.01. The maximum absolute atomic E-state index is 12.8. The number of aryl methyl sites for hydroxylation is 1. The first-order chi connectivity index (χ1) is 15.6. The smallest absolute Gasteiger partial charge is 0.411 e. The number of hydrogen-bond acceptors (Lipinski definition) is 8. The number of amides is 1. The van der Waals surface area contributed by atoms with Gasteiger partial charge in [-0.15, -0.1) is 0 Å². The zero-order valence-electron chi connectivity index (χ0n) is 20.0. The topological polar surface area (TPSA) is 100 Å². The zero-order chi connectivity index (χ0) is 23.9. The van der Waals surface area contributed by atoms with Crippen LogP contribution in [-0.2, 0) is 14.3 Å². The number of carbonyl (C=O) groups excluding carboxylic acids is 2. The highest BCUT2D eigenvalue weighted by Gasteiger charge is 2.43. The van der Waals surface area contributed by atoms with Gasteiger partial charge in [-0.1, -0.05) is 0 Å². The number of nitrogens with zero attached hydrogens (tertiary/aromatic N) is 3. The van der Waals surface area contributed by atoms with Crippen LogP contribution in [0.15, 0.2) is 12.1 Å². The first-order valence-electron chi connectivity index (χ1n) is 11.2. The van der Waals surface area contributed by atoms with Crippen molar-refractivity contribution in [3.05, 3.63) is 23.5 Å². The average Bonchev–Trinajstić information content (AvgIpc) is 3.51. The maximum Gasteiger partial charge on any atom is 0.411 e. The van der Waals surface area contributed by atoms with E-state index in [4.69, 9.17) is 28.9 Å². The Morgan fingerprint density at radius 2 is 1.85 bits per heavy atom. The van der Waals surface area contributed by atoms with Crippen LogP contribution in [0.4, 0.5) is 4.79 Å². The Hall–Kier alpha value is -3.10. The van der Waals surface area contributed by atoms with Crippen molar-refractivity contribution in [3.63, 3.8) is 0 Å². The number of methoxy groups -OCH3 is 2. The summed E-state index contributed by atoms with van der Waals surface area (Å²) in [4.78, 5) is 36.0. The van der Waals surface area contributed by atoms with Gasteiger partial charge in [0.2, 0.25) is 5.88 Å². The van der Waals surface area contributed by atoms with Crippen molar-refractivity contribution in [1.29, 1.82) is 0 Å². The first-order valence-corrected chi connectivity index (χ1v) is 11.2. The average molecular weight is 458 g/mol. The van der Waals surface area contributed by atoms with E-state index in [9.17, 15) is 9.59 Å². The molecule has 0 unspecified atom stereocenters. The van der Waals surface area contributed by atoms with E-state index in [1.807, 2.05) is 19.1 Å². The largest absolute Gasteiger partial charge is 0.496 e. The van der Waals surface area contributed by atoms with Gasteiger partial charge in [0, 0.05) is 12.3 Å². The lowest BCUT2D eigenvalue weighted by atomic mass is 10.1. The van der Waals surface area contributed by atoms with Gasteiger partial charge >= 0.3 is 12.1 Å². The fourth-order valence-electron chi connectivity index (χ4n) is 4.01. The summed E-state index contributed by atoms with van der Waals surface area (Å²) in [5.74, 6) is 1.73. The summed E-state index contributed by atoms with van der Waals surface area (Å²) in [6.45, 7) is 7.49. The second-order valence-corrected chi connectivity index (χ2v) is 9.65. The summed E-state index contributed by atoms with van der Waals surface area (Å²) in [7, 11) is 2.92. The lowest BCUT2D eigenvalue weighted by Gasteiger charge is -2.27. The summed E-state index contributed by atoms with van der Waals surface area (Å²) in [5.41, 5.74) is 1.07. The van der Waals surface area contributed by atoms with Crippen molar-refractivity contribution in [3.8, 4) is 11.6 Å². The lowest BCUT2D eigenvalue weighted by Crippen LogP contribution is -2.44. The molecule has 1 aliphatic heterocycles. The van der Waals surface area contributed by atoms with Gasteiger partial charge in [0.1, 0.15) is 29.3 Å². The summed E-state index contributed by atoms with van der Waals surface area (Å²) in [5, 5.41) is 0.729. The highest BCUT2D eigenvalue weighted by atomic mass is 16.6. The standard InChI is InChI=1S/C24H31N3O6/c1-13-9-17-16(11-19(13)30-5)21(26-20(25-17)14-7-8-14)32-15-10-18(22(28)31-6)27(12-15)23(29)33-24(2,3)4/h9,11,14-15,18H,7-8,10,12H2,1-6H3/t15-,18+/m1/s1. The van der Waals surface area contributed by atoms with Gasteiger partial charge in [-0.05, 0) is 58.2 Å². The van der Waals surface area contributed by atoms with Crippen molar-refractivity contribution in [2.45, 2.75) is 70.6 Å². The van der Waals surface area contributed by atoms with E-state index in [-0.39, 0.29) is 13.0 Å². The lowest BCUT2D eigenvalue weighted by molar-refractivity contribution is -0.145. The van der Waals surface area contributed by atoms with Gasteiger partial charge in [-0.25, -0.2) is 14.6 Å². The van der Waals surface area contributed by atoms with Gasteiger partial charge in [-0.2, -0.15) is 4.98 Å². The van der Waals surface area contributed by atoms with Crippen molar-refractivity contribution < 1.29 is 28.5 Å². The Kier molecular flexibility index (Phi) is 6.07. The number of esters is 1. The first kappa shape index (κ1) is 23.1. The summed E-state index contributed by atoms with van der Waals surface area (Å²) < 4.78 is 22.2. The van der Waals surface area contributed by atoms with Gasteiger partial charge in [0.05, 0.1) is 31.7 Å². The van der Waals surface area contributed by atoms with Gasteiger partial charge < -0.3 is 18.9 Å². The number of aromatic nitrogens is 2. The second kappa shape index (κ2) is 8.68. The van der Waals surface area contributed by atoms with Crippen LogP contribution in [0.2, 0.25) is 0 Å². The van der Waals surface area contributed by atoms with E-state index in [1.54, 1.807) is 27.9 Å². The Labute approximate surface area is 193 Å². The van der Waals surface area contributed by atoms with Crippen LogP contribution >= 0.6 is 0 Å². The Morgan fingerprint density at radius 1 is 1.12 bits per heavy atom. The molecule has 2 atom stereocenters. The number of fused-ring (bicyclic) bond motifs is 1. The molecule has 1 aromatic heterocycles. The molecular formula is C24H31N3O6. The van der Waals surface area contributed by atoms with E-state index < -0.39 is 29.8 Å². The minimum atomic E-state index is -0.789. The third-order valence-corrected chi connectivity index (χ3v) is 5.78. The highest BCUT2D eigenvalue weighted by molar-refractivity contribution is 5.86. The molecule has 1 aromatic carbocycles. The number of carbonyl (C=O) groups is 2. The molecule has 1 saturated carbocycles. The summed E-state index contributed by atoms with van der Waals surface area (Å²) >= 11 is 0. The van der Waals surface area contributed by atoms with Crippen LogP contribution in [0.1, 0.15) is 57.3 Å². The quantitative estimate of drug-likeness (QED) is 0.626. The van der Waals surface area contributed by atoms with Gasteiger partial charge in [0.15, 0.2) is 0 Å². The molecule has 2 heterocycles. The molecular weight excluding hydrogens is 426 g/mol. The number of hydrogen-bond donors (Lipinski definition) is 0. The zero-order valence-corrected chi connectivity index (χ0v) is 20.0. The number of likely N-dealkylation sites (tertiary alicyclic amines) is 1. The molecule has 1 saturated heterocycles. The van der Waals surface area contributed by atoms with E-state index in [0.717, 1.165) is 35.1 Å². The van der Waals surface area contributed by atoms with Crippen LogP contribution in [0.3, 0.4) is 0 Å². The molecule has 0 bridgehead atoms. The van der Waals surface area contributed by atoms with Crippen LogP contribution in [-0.4, -0.2) is 65.4 Å². The summed E-state index contributed by atoms with van der Waals surface area (Å²) in [6, 6.07) is 3.05. The van der Waals surface area contributed by atoms with Gasteiger partial charge in [-0.3, -0.25) is 4.90 Å². The monoisotopic (exact) mass is 457 g/mol. The van der Waals surface area contributed by atoms with Crippen LogP contribution in [0.25, 0.3) is 10.9 Å². The molecule has 0 N–H and O–H groups in total. The van der Waals surface area contributed by atoms with Crippen LogP contribution < -0.4 is 9.47 Å². The van der Waals surface area contributed by atoms with E-state index in [2.05, 4.69) is 0 Å². The van der Waals surface area contributed by atoms with E-state index in [0.29, 0.717) is 17.5 Å². The molecule has 2 aromatic rings. The summed E-state index contributed by atoms with van der Waals surface area (Å²) in [6.07, 6.45) is 1.35. The fraction of sp³-hybridized carbons (Fsp3) is 0.583. The van der Waals surface area contributed by atoms with Crippen molar-refractivity contribution in [1.82, 2.24) is 14.9 Å². The molecule has 2 aliphatic rings. The number of rotatable bonds is 5.